The van der Waals surface area contributed by atoms with E-state index in [4.69, 9.17) is 5.73 Å². The summed E-state index contributed by atoms with van der Waals surface area (Å²) in [5.74, 6) is -0.796. The number of nitrogens with zero attached hydrogens (tertiary/aromatic N) is 1. The Labute approximate surface area is 126 Å². The quantitative estimate of drug-likeness (QED) is 0.396. The third kappa shape index (κ3) is 3.63. The molecular formula is C16H12N2O4. The van der Waals surface area contributed by atoms with E-state index in [2.05, 4.69) is 0 Å². The van der Waals surface area contributed by atoms with Crippen molar-refractivity contribution in [3.63, 3.8) is 0 Å². The van der Waals surface area contributed by atoms with Crippen LogP contribution in [0.2, 0.25) is 0 Å². The molecule has 0 aromatic heterocycles. The summed E-state index contributed by atoms with van der Waals surface area (Å²) in [6, 6.07) is 11.8. The van der Waals surface area contributed by atoms with E-state index in [9.17, 15) is 19.7 Å². The molecular weight excluding hydrogens is 284 g/mol. The highest BCUT2D eigenvalue weighted by Crippen LogP contribution is 2.13. The van der Waals surface area contributed by atoms with Crippen LogP contribution >= 0.6 is 0 Å². The van der Waals surface area contributed by atoms with Gasteiger partial charge < -0.3 is 5.73 Å². The average molecular weight is 296 g/mol. The van der Waals surface area contributed by atoms with Gasteiger partial charge in [0, 0.05) is 23.3 Å². The van der Waals surface area contributed by atoms with Crippen molar-refractivity contribution in [2.75, 3.05) is 0 Å². The van der Waals surface area contributed by atoms with Crippen LogP contribution in [0, 0.1) is 10.1 Å². The molecule has 2 rings (SSSR count). The molecule has 0 bridgehead atoms. The zero-order valence-electron chi connectivity index (χ0n) is 11.4. The van der Waals surface area contributed by atoms with E-state index in [1.165, 1.54) is 42.5 Å². The van der Waals surface area contributed by atoms with Gasteiger partial charge in [-0.1, -0.05) is 18.2 Å². The van der Waals surface area contributed by atoms with E-state index in [-0.39, 0.29) is 11.5 Å². The first kappa shape index (κ1) is 15.1. The van der Waals surface area contributed by atoms with Crippen LogP contribution in [0.4, 0.5) is 5.69 Å². The van der Waals surface area contributed by atoms with Gasteiger partial charge in [0.1, 0.15) is 0 Å². The molecule has 2 aromatic carbocycles. The minimum atomic E-state index is -0.555. The molecule has 0 fully saturated rings. The Morgan fingerprint density at radius 2 is 1.50 bits per heavy atom. The lowest BCUT2D eigenvalue weighted by atomic mass is 10.1. The van der Waals surface area contributed by atoms with Gasteiger partial charge in [0.25, 0.3) is 5.69 Å². The van der Waals surface area contributed by atoms with Crippen LogP contribution in [0.5, 0.6) is 0 Å². The first-order valence-electron chi connectivity index (χ1n) is 6.34. The number of nitro groups is 1. The number of carbonyl (C=O) groups excluding carboxylic acids is 2. The number of rotatable bonds is 5. The number of amides is 1. The maximum atomic E-state index is 12.0. The molecule has 0 aliphatic carbocycles. The molecule has 110 valence electrons. The lowest BCUT2D eigenvalue weighted by Gasteiger charge is -1.98. The molecule has 6 nitrogen and oxygen atoms in total. The Hall–Kier alpha value is -3.28. The Kier molecular flexibility index (Phi) is 4.43. The van der Waals surface area contributed by atoms with Crippen LogP contribution in [0.15, 0.2) is 54.6 Å². The summed E-state index contributed by atoms with van der Waals surface area (Å²) in [4.78, 5) is 33.0. The van der Waals surface area contributed by atoms with Gasteiger partial charge in [-0.2, -0.15) is 0 Å². The van der Waals surface area contributed by atoms with Crippen molar-refractivity contribution in [1.29, 1.82) is 0 Å². The summed E-state index contributed by atoms with van der Waals surface area (Å²) >= 11 is 0. The number of nitrogens with two attached hydrogens (primary N) is 1. The molecule has 22 heavy (non-hydrogen) atoms. The summed E-state index contributed by atoms with van der Waals surface area (Å²) < 4.78 is 0. The summed E-state index contributed by atoms with van der Waals surface area (Å²) in [6.07, 6.45) is 2.93. The number of carbonyl (C=O) groups is 2. The third-order valence-electron chi connectivity index (χ3n) is 2.99. The zero-order chi connectivity index (χ0) is 16.1. The predicted octanol–water partition coefficient (Wildman–Crippen LogP) is 2.59. The summed E-state index contributed by atoms with van der Waals surface area (Å²) in [6.45, 7) is 0. The van der Waals surface area contributed by atoms with Crippen molar-refractivity contribution >= 4 is 23.5 Å². The number of allylic oxidation sites excluding steroid dienone is 1. The number of nitro benzene ring substituents is 1. The Morgan fingerprint density at radius 3 is 2.00 bits per heavy atom. The number of non-ortho nitro benzene ring substituents is 1. The molecule has 0 saturated heterocycles. The second-order valence-corrected chi connectivity index (χ2v) is 4.49. The fourth-order valence-corrected chi connectivity index (χ4v) is 1.77. The molecule has 0 unspecified atom stereocenters. The average Bonchev–Trinajstić information content (AvgIpc) is 2.53. The van der Waals surface area contributed by atoms with Crippen LogP contribution in [-0.2, 0) is 0 Å². The number of ketones is 1. The van der Waals surface area contributed by atoms with Gasteiger partial charge in [0.15, 0.2) is 5.78 Å². The van der Waals surface area contributed by atoms with Crippen LogP contribution in [0.3, 0.4) is 0 Å². The summed E-state index contributed by atoms with van der Waals surface area (Å²) in [7, 11) is 0. The molecule has 0 spiro atoms. The van der Waals surface area contributed by atoms with Crippen LogP contribution in [-0.4, -0.2) is 16.6 Å². The van der Waals surface area contributed by atoms with Gasteiger partial charge in [-0.3, -0.25) is 19.7 Å². The molecule has 2 aromatic rings. The largest absolute Gasteiger partial charge is 0.366 e. The molecule has 0 saturated carbocycles. The van der Waals surface area contributed by atoms with E-state index in [0.717, 1.165) is 0 Å². The third-order valence-corrected chi connectivity index (χ3v) is 2.99. The number of primary amides is 1. The Bertz CT molecular complexity index is 747. The highest BCUT2D eigenvalue weighted by atomic mass is 16.6. The zero-order valence-corrected chi connectivity index (χ0v) is 11.4. The van der Waals surface area contributed by atoms with Gasteiger partial charge in [0.05, 0.1) is 4.92 Å². The molecule has 0 heterocycles. The van der Waals surface area contributed by atoms with E-state index in [0.29, 0.717) is 16.7 Å². The maximum absolute atomic E-state index is 12.0. The van der Waals surface area contributed by atoms with Crippen molar-refractivity contribution in [3.8, 4) is 0 Å². The predicted molar refractivity (Wildman–Crippen MR) is 81.4 cm³/mol. The van der Waals surface area contributed by atoms with Crippen molar-refractivity contribution in [1.82, 2.24) is 0 Å². The lowest BCUT2D eigenvalue weighted by molar-refractivity contribution is -0.384. The van der Waals surface area contributed by atoms with Crippen molar-refractivity contribution < 1.29 is 14.5 Å². The minimum Gasteiger partial charge on any atom is -0.366 e. The maximum Gasteiger partial charge on any atom is 0.269 e. The molecule has 6 heteroatoms. The highest BCUT2D eigenvalue weighted by molar-refractivity contribution is 6.07. The second kappa shape index (κ2) is 6.45. The number of benzene rings is 2. The van der Waals surface area contributed by atoms with Gasteiger partial charge >= 0.3 is 0 Å². The smallest absolute Gasteiger partial charge is 0.269 e. The Morgan fingerprint density at radius 1 is 0.955 bits per heavy atom. The van der Waals surface area contributed by atoms with Crippen LogP contribution in [0.1, 0.15) is 26.3 Å². The molecule has 1 amide bonds. The summed E-state index contributed by atoms with van der Waals surface area (Å²) in [5.41, 5.74) is 6.54. The lowest BCUT2D eigenvalue weighted by Crippen LogP contribution is -2.10. The topological polar surface area (TPSA) is 103 Å². The summed E-state index contributed by atoms with van der Waals surface area (Å²) in [5, 5.41) is 10.5. The fraction of sp³-hybridized carbons (Fsp3) is 0. The molecule has 0 radical (unpaired) electrons. The van der Waals surface area contributed by atoms with Crippen molar-refractivity contribution in [2.45, 2.75) is 0 Å². The monoisotopic (exact) mass is 296 g/mol. The van der Waals surface area contributed by atoms with Gasteiger partial charge in [-0.15, -0.1) is 0 Å². The standard InChI is InChI=1S/C16H12N2O4/c17-16(20)13-6-4-12(5-7-13)15(19)10-3-11-1-8-14(9-2-11)18(21)22/h1-10H,(H2,17,20). The van der Waals surface area contributed by atoms with E-state index >= 15 is 0 Å². The number of hydrogen-bond acceptors (Lipinski definition) is 4. The molecule has 0 atom stereocenters. The number of hydrogen-bond donors (Lipinski definition) is 1. The van der Waals surface area contributed by atoms with Crippen molar-refractivity contribution in [2.24, 2.45) is 5.73 Å². The molecule has 0 aliphatic heterocycles. The first-order valence-corrected chi connectivity index (χ1v) is 6.34. The first-order chi connectivity index (χ1) is 10.5. The van der Waals surface area contributed by atoms with Crippen LogP contribution in [0.25, 0.3) is 6.08 Å². The SMILES string of the molecule is NC(=O)c1ccc(C(=O)C=Cc2ccc([N+](=O)[O-])cc2)cc1. The normalized spacial score (nSPS) is 10.5. The fourth-order valence-electron chi connectivity index (χ4n) is 1.77. The minimum absolute atomic E-state index is 0.00878. The molecule has 2 N–H and O–H groups in total. The van der Waals surface area contributed by atoms with E-state index < -0.39 is 10.8 Å². The van der Waals surface area contributed by atoms with E-state index in [1.807, 2.05) is 0 Å². The van der Waals surface area contributed by atoms with Crippen LogP contribution < -0.4 is 5.73 Å². The molecule has 0 aliphatic rings. The van der Waals surface area contributed by atoms with Crippen molar-refractivity contribution in [3.05, 3.63) is 81.4 Å². The second-order valence-electron chi connectivity index (χ2n) is 4.49. The van der Waals surface area contributed by atoms with E-state index in [1.54, 1.807) is 18.2 Å². The Balaban J connectivity index is 2.10. The van der Waals surface area contributed by atoms with Gasteiger partial charge in [-0.25, -0.2) is 0 Å². The van der Waals surface area contributed by atoms with Gasteiger partial charge in [0.2, 0.25) is 5.91 Å². The van der Waals surface area contributed by atoms with Gasteiger partial charge in [-0.05, 0) is 35.9 Å². The highest BCUT2D eigenvalue weighted by Gasteiger charge is 2.05.